The predicted molar refractivity (Wildman–Crippen MR) is 65.8 cm³/mol. The Hall–Kier alpha value is -1.16. The fourth-order valence-corrected chi connectivity index (χ4v) is 2.22. The van der Waals surface area contributed by atoms with Crippen molar-refractivity contribution >= 4 is 17.5 Å². The number of hydrogen-bond acceptors (Lipinski definition) is 1. The Morgan fingerprint density at radius 3 is 2.56 bits per heavy atom. The second-order valence-corrected chi connectivity index (χ2v) is 4.78. The van der Waals surface area contributed by atoms with Gasteiger partial charge in [0.25, 0.3) is 5.91 Å². The number of carbonyl (C=O) groups excluding carboxylic acids is 1. The molecule has 2 rings (SSSR count). The highest BCUT2D eigenvalue weighted by molar-refractivity contribution is 6.18. The Morgan fingerprint density at radius 1 is 1.33 bits per heavy atom. The summed E-state index contributed by atoms with van der Waals surface area (Å²) < 4.78 is 25.9. The van der Waals surface area contributed by atoms with Gasteiger partial charge in [0.05, 0.1) is 0 Å². The van der Waals surface area contributed by atoms with Gasteiger partial charge in [-0.15, -0.1) is 11.6 Å². The number of halogens is 3. The number of amides is 1. The summed E-state index contributed by atoms with van der Waals surface area (Å²) in [5.74, 6) is -1.88. The Kier molecular flexibility index (Phi) is 4.17. The fraction of sp³-hybridized carbons (Fsp3) is 0.462. The van der Waals surface area contributed by atoms with E-state index in [0.717, 1.165) is 31.4 Å². The van der Waals surface area contributed by atoms with Gasteiger partial charge in [0.1, 0.15) is 0 Å². The molecule has 0 atom stereocenters. The average Bonchev–Trinajstić information content (AvgIpc) is 2.29. The normalized spacial score (nSPS) is 15.3. The molecule has 0 saturated heterocycles. The lowest BCUT2D eigenvalue weighted by Gasteiger charge is -2.37. The highest BCUT2D eigenvalue weighted by atomic mass is 35.5. The van der Waals surface area contributed by atoms with E-state index in [0.29, 0.717) is 12.4 Å². The van der Waals surface area contributed by atoms with Crippen molar-refractivity contribution < 1.29 is 13.6 Å². The molecule has 1 aliphatic rings. The van der Waals surface area contributed by atoms with Crippen molar-refractivity contribution in [2.24, 2.45) is 0 Å². The molecule has 0 N–H and O–H groups in total. The largest absolute Gasteiger partial charge is 0.334 e. The number of carbonyl (C=O) groups is 1. The maximum absolute atomic E-state index is 13.1. The third-order valence-corrected chi connectivity index (χ3v) is 3.44. The van der Waals surface area contributed by atoms with Crippen LogP contribution in [0.15, 0.2) is 18.2 Å². The molecule has 0 aliphatic heterocycles. The van der Waals surface area contributed by atoms with Crippen LogP contribution < -0.4 is 0 Å². The van der Waals surface area contributed by atoms with Gasteiger partial charge in [-0.2, -0.15) is 0 Å². The first-order valence-electron chi connectivity index (χ1n) is 5.95. The van der Waals surface area contributed by atoms with Crippen molar-refractivity contribution in [1.82, 2.24) is 4.90 Å². The monoisotopic (exact) mass is 273 g/mol. The van der Waals surface area contributed by atoms with E-state index in [1.165, 1.54) is 6.07 Å². The van der Waals surface area contributed by atoms with E-state index >= 15 is 0 Å². The summed E-state index contributed by atoms with van der Waals surface area (Å²) in [6, 6.07) is 3.41. The van der Waals surface area contributed by atoms with Crippen LogP contribution in [0.25, 0.3) is 0 Å². The highest BCUT2D eigenvalue weighted by Gasteiger charge is 2.29. The van der Waals surface area contributed by atoms with Gasteiger partial charge < -0.3 is 4.90 Å². The second-order valence-electron chi connectivity index (χ2n) is 4.40. The molecule has 0 radical (unpaired) electrons. The molecule has 1 fully saturated rings. The van der Waals surface area contributed by atoms with E-state index in [9.17, 15) is 13.6 Å². The summed E-state index contributed by atoms with van der Waals surface area (Å²) in [6.45, 7) is 0.435. The Balaban J connectivity index is 2.18. The molecular formula is C13H14ClF2NO. The summed E-state index contributed by atoms with van der Waals surface area (Å²) in [5.41, 5.74) is 0.172. The summed E-state index contributed by atoms with van der Waals surface area (Å²) in [5, 5.41) is 0. The molecule has 0 spiro atoms. The zero-order valence-electron chi connectivity index (χ0n) is 9.83. The maximum atomic E-state index is 13.1. The quantitative estimate of drug-likeness (QED) is 0.772. The lowest BCUT2D eigenvalue weighted by atomic mass is 9.91. The van der Waals surface area contributed by atoms with Gasteiger partial charge in [-0.25, -0.2) is 8.78 Å². The first-order valence-corrected chi connectivity index (χ1v) is 6.49. The molecule has 1 amide bonds. The van der Waals surface area contributed by atoms with Crippen LogP contribution >= 0.6 is 11.6 Å². The number of alkyl halides is 1. The fourth-order valence-electron chi connectivity index (χ4n) is 2.03. The summed E-state index contributed by atoms with van der Waals surface area (Å²) in [4.78, 5) is 13.9. The van der Waals surface area contributed by atoms with Crippen LogP contribution in [-0.2, 0) is 0 Å². The molecule has 2 nitrogen and oxygen atoms in total. The van der Waals surface area contributed by atoms with Crippen LogP contribution in [0.3, 0.4) is 0 Å². The highest BCUT2D eigenvalue weighted by Crippen LogP contribution is 2.26. The molecule has 0 aromatic heterocycles. The predicted octanol–water partition coefficient (Wildman–Crippen LogP) is 3.20. The topological polar surface area (TPSA) is 20.3 Å². The van der Waals surface area contributed by atoms with E-state index in [2.05, 4.69) is 0 Å². The van der Waals surface area contributed by atoms with Gasteiger partial charge in [-0.1, -0.05) is 0 Å². The number of nitrogens with zero attached hydrogens (tertiary/aromatic N) is 1. The summed E-state index contributed by atoms with van der Waals surface area (Å²) >= 11 is 5.68. The zero-order valence-corrected chi connectivity index (χ0v) is 10.6. The van der Waals surface area contributed by atoms with Crippen molar-refractivity contribution in [2.75, 3.05) is 12.4 Å². The van der Waals surface area contributed by atoms with Crippen LogP contribution in [0.4, 0.5) is 8.78 Å². The van der Waals surface area contributed by atoms with Crippen molar-refractivity contribution in [3.05, 3.63) is 35.4 Å². The van der Waals surface area contributed by atoms with Gasteiger partial charge in [-0.05, 0) is 37.5 Å². The third-order valence-electron chi connectivity index (χ3n) is 3.27. The van der Waals surface area contributed by atoms with Gasteiger partial charge in [-0.3, -0.25) is 4.79 Å². The van der Waals surface area contributed by atoms with Crippen molar-refractivity contribution in [3.8, 4) is 0 Å². The first-order chi connectivity index (χ1) is 8.63. The lowest BCUT2D eigenvalue weighted by Crippen LogP contribution is -2.45. The molecule has 1 aromatic rings. The van der Waals surface area contributed by atoms with Gasteiger partial charge in [0.15, 0.2) is 11.6 Å². The smallest absolute Gasteiger partial charge is 0.254 e. The molecule has 18 heavy (non-hydrogen) atoms. The first kappa shape index (κ1) is 13.3. The molecule has 98 valence electrons. The minimum Gasteiger partial charge on any atom is -0.334 e. The minimum atomic E-state index is -1.000. The Labute approximate surface area is 110 Å². The van der Waals surface area contributed by atoms with Gasteiger partial charge >= 0.3 is 0 Å². The molecule has 0 heterocycles. The standard InChI is InChI=1S/C13H14ClF2NO/c14-6-7-17(10-2-1-3-10)13(18)9-4-5-11(15)12(16)8-9/h4-5,8,10H,1-3,6-7H2. The molecule has 1 aromatic carbocycles. The molecule has 5 heteroatoms. The number of rotatable bonds is 4. The van der Waals surface area contributed by atoms with E-state index in [4.69, 9.17) is 11.6 Å². The molecule has 1 saturated carbocycles. The second kappa shape index (κ2) is 5.65. The molecule has 0 unspecified atom stereocenters. The van der Waals surface area contributed by atoms with E-state index in [1.807, 2.05) is 0 Å². The lowest BCUT2D eigenvalue weighted by molar-refractivity contribution is 0.0597. The van der Waals surface area contributed by atoms with Crippen LogP contribution in [0, 0.1) is 11.6 Å². The summed E-state index contributed by atoms with van der Waals surface area (Å²) in [6.07, 6.45) is 2.99. The van der Waals surface area contributed by atoms with Crippen molar-refractivity contribution in [1.29, 1.82) is 0 Å². The van der Waals surface area contributed by atoms with Crippen LogP contribution in [0.5, 0.6) is 0 Å². The Bertz CT molecular complexity index is 449. The average molecular weight is 274 g/mol. The van der Waals surface area contributed by atoms with Gasteiger partial charge in [0, 0.05) is 24.0 Å². The van der Waals surface area contributed by atoms with Crippen LogP contribution in [0.2, 0.25) is 0 Å². The third kappa shape index (κ3) is 2.64. The van der Waals surface area contributed by atoms with E-state index in [1.54, 1.807) is 4.90 Å². The molecular weight excluding hydrogens is 260 g/mol. The van der Waals surface area contributed by atoms with Crippen LogP contribution in [-0.4, -0.2) is 29.3 Å². The SMILES string of the molecule is O=C(c1ccc(F)c(F)c1)N(CCCl)C1CCC1. The number of benzene rings is 1. The van der Waals surface area contributed by atoms with Crippen molar-refractivity contribution in [2.45, 2.75) is 25.3 Å². The summed E-state index contributed by atoms with van der Waals surface area (Å²) in [7, 11) is 0. The zero-order chi connectivity index (χ0) is 13.1. The van der Waals surface area contributed by atoms with Crippen LogP contribution in [0.1, 0.15) is 29.6 Å². The molecule has 1 aliphatic carbocycles. The van der Waals surface area contributed by atoms with E-state index in [-0.39, 0.29) is 17.5 Å². The maximum Gasteiger partial charge on any atom is 0.254 e. The van der Waals surface area contributed by atoms with Gasteiger partial charge in [0.2, 0.25) is 0 Å². The molecule has 0 bridgehead atoms. The van der Waals surface area contributed by atoms with Crippen molar-refractivity contribution in [3.63, 3.8) is 0 Å². The Morgan fingerprint density at radius 2 is 2.06 bits per heavy atom. The van der Waals surface area contributed by atoms with E-state index < -0.39 is 11.6 Å². The number of hydrogen-bond donors (Lipinski definition) is 0. The minimum absolute atomic E-state index is 0.172.